The van der Waals surface area contributed by atoms with Crippen molar-refractivity contribution in [2.45, 2.75) is 36.5 Å². The Morgan fingerprint density at radius 1 is 0.262 bits per heavy atom. The Labute approximate surface area is 359 Å². The van der Waals surface area contributed by atoms with Crippen molar-refractivity contribution in [2.75, 3.05) is 4.90 Å². The van der Waals surface area contributed by atoms with Crippen LogP contribution >= 0.6 is 0 Å². The van der Waals surface area contributed by atoms with E-state index in [-0.39, 0.29) is 10.8 Å². The topological polar surface area (TPSA) is 3.24 Å². The molecule has 1 saturated carbocycles. The zero-order valence-corrected chi connectivity index (χ0v) is 34.1. The second kappa shape index (κ2) is 14.2. The minimum atomic E-state index is -0.0750. The fraction of sp³-hybridized carbons (Fsp3) is 0.100. The van der Waals surface area contributed by atoms with Gasteiger partial charge in [-0.05, 0) is 140 Å². The SMILES string of the molecule is c1ccc(-c2ccc3c(c2)C2(CCC4(CC2)c2ccccc2-c2ccccc24)c2cc(-c4ccc(N(c5ccccc5)c5ccccc5-c5ccccc5)cc4)ccc2-3)cc1. The van der Waals surface area contributed by atoms with E-state index in [2.05, 4.69) is 229 Å². The van der Waals surface area contributed by atoms with E-state index in [1.54, 1.807) is 0 Å². The summed E-state index contributed by atoms with van der Waals surface area (Å²) >= 11 is 0. The highest BCUT2D eigenvalue weighted by atomic mass is 15.1. The van der Waals surface area contributed by atoms with Crippen LogP contribution in [-0.2, 0) is 10.8 Å². The van der Waals surface area contributed by atoms with Crippen molar-refractivity contribution in [1.82, 2.24) is 0 Å². The molecule has 0 radical (unpaired) electrons. The predicted molar refractivity (Wildman–Crippen MR) is 255 cm³/mol. The highest BCUT2D eigenvalue weighted by Crippen LogP contribution is 2.64. The minimum Gasteiger partial charge on any atom is -0.310 e. The van der Waals surface area contributed by atoms with E-state index in [4.69, 9.17) is 0 Å². The first kappa shape index (κ1) is 35.7. The predicted octanol–water partition coefficient (Wildman–Crippen LogP) is 16.0. The number of fused-ring (bicyclic) bond motifs is 10. The number of rotatable bonds is 6. The molecular weight excluding hydrogens is 735 g/mol. The molecule has 0 N–H and O–H groups in total. The summed E-state index contributed by atoms with van der Waals surface area (Å²) < 4.78 is 0. The van der Waals surface area contributed by atoms with E-state index < -0.39 is 0 Å². The average molecular weight is 780 g/mol. The summed E-state index contributed by atoms with van der Waals surface area (Å²) in [6.07, 6.45) is 4.44. The van der Waals surface area contributed by atoms with Crippen molar-refractivity contribution in [3.63, 3.8) is 0 Å². The van der Waals surface area contributed by atoms with Gasteiger partial charge in [0.2, 0.25) is 0 Å². The molecule has 0 aliphatic heterocycles. The molecule has 0 heterocycles. The summed E-state index contributed by atoms with van der Waals surface area (Å²) in [4.78, 5) is 2.39. The first-order valence-electron chi connectivity index (χ1n) is 21.8. The monoisotopic (exact) mass is 779 g/mol. The smallest absolute Gasteiger partial charge is 0.0540 e. The van der Waals surface area contributed by atoms with Gasteiger partial charge in [0.25, 0.3) is 0 Å². The molecule has 0 atom stereocenters. The highest BCUT2D eigenvalue weighted by molar-refractivity contribution is 5.90. The van der Waals surface area contributed by atoms with Crippen molar-refractivity contribution in [3.05, 3.63) is 247 Å². The van der Waals surface area contributed by atoms with Gasteiger partial charge in [-0.15, -0.1) is 0 Å². The first-order chi connectivity index (χ1) is 30.2. The lowest BCUT2D eigenvalue weighted by Crippen LogP contribution is -2.39. The van der Waals surface area contributed by atoms with Crippen LogP contribution in [0, 0.1) is 0 Å². The molecule has 61 heavy (non-hydrogen) atoms. The third-order valence-corrected chi connectivity index (χ3v) is 14.3. The van der Waals surface area contributed by atoms with E-state index in [9.17, 15) is 0 Å². The Bertz CT molecular complexity index is 3020. The maximum atomic E-state index is 2.56. The van der Waals surface area contributed by atoms with Crippen molar-refractivity contribution < 1.29 is 0 Å². The highest BCUT2D eigenvalue weighted by Gasteiger charge is 2.53. The van der Waals surface area contributed by atoms with Crippen LogP contribution in [0.25, 0.3) is 55.6 Å². The maximum absolute atomic E-state index is 2.56. The minimum absolute atomic E-state index is 0.0373. The molecule has 12 rings (SSSR count). The molecule has 9 aromatic carbocycles. The Kier molecular flexibility index (Phi) is 8.32. The van der Waals surface area contributed by atoms with Crippen LogP contribution in [0.2, 0.25) is 0 Å². The quantitative estimate of drug-likeness (QED) is 0.162. The number of hydrogen-bond donors (Lipinski definition) is 0. The Hall–Kier alpha value is -7.22. The van der Waals surface area contributed by atoms with Gasteiger partial charge < -0.3 is 4.90 Å². The van der Waals surface area contributed by atoms with Gasteiger partial charge in [0.15, 0.2) is 0 Å². The molecule has 0 bridgehead atoms. The summed E-state index contributed by atoms with van der Waals surface area (Å²) in [5.74, 6) is 0. The van der Waals surface area contributed by atoms with Crippen molar-refractivity contribution >= 4 is 17.1 Å². The largest absolute Gasteiger partial charge is 0.310 e. The number of anilines is 3. The average Bonchev–Trinajstić information content (AvgIpc) is 3.76. The molecule has 0 amide bonds. The molecule has 0 aromatic heterocycles. The van der Waals surface area contributed by atoms with Gasteiger partial charge in [-0.25, -0.2) is 0 Å². The number of nitrogens with zero attached hydrogens (tertiary/aromatic N) is 1. The summed E-state index contributed by atoms with van der Waals surface area (Å²) in [6, 6.07) is 83.5. The van der Waals surface area contributed by atoms with Gasteiger partial charge in [-0.3, -0.25) is 0 Å². The number of hydrogen-bond acceptors (Lipinski definition) is 1. The van der Waals surface area contributed by atoms with Crippen LogP contribution in [0.3, 0.4) is 0 Å². The van der Waals surface area contributed by atoms with Crippen LogP contribution in [0.1, 0.15) is 47.9 Å². The maximum Gasteiger partial charge on any atom is 0.0540 e. The molecule has 2 spiro atoms. The van der Waals surface area contributed by atoms with E-state index in [1.807, 2.05) is 0 Å². The lowest BCUT2D eigenvalue weighted by Gasteiger charge is -2.45. The van der Waals surface area contributed by atoms with E-state index in [0.29, 0.717) is 0 Å². The Morgan fingerprint density at radius 2 is 0.639 bits per heavy atom. The third kappa shape index (κ3) is 5.61. The zero-order valence-electron chi connectivity index (χ0n) is 34.1. The second-order valence-corrected chi connectivity index (χ2v) is 17.2. The standard InChI is InChI=1S/C60H45N/c1-4-16-42(17-5-1)45-30-34-52-53-35-31-46(41-57(53)60(56(52)40-45)38-36-59(37-39-60)54-25-13-10-23-50(54)51-24-11-14-26-55(51)59)43-28-32-48(33-29-43)61(47-20-8-3-9-21-47)58-27-15-12-22-49(58)44-18-6-2-7-19-44/h1-35,40-41H,36-39H2. The molecule has 0 unspecified atom stereocenters. The van der Waals surface area contributed by atoms with Crippen LogP contribution in [-0.4, -0.2) is 0 Å². The Morgan fingerprint density at radius 3 is 1.20 bits per heavy atom. The van der Waals surface area contributed by atoms with Crippen LogP contribution in [0.5, 0.6) is 0 Å². The fourth-order valence-electron chi connectivity index (χ4n) is 11.4. The van der Waals surface area contributed by atoms with Gasteiger partial charge in [0, 0.05) is 27.8 Å². The molecule has 1 heteroatoms. The van der Waals surface area contributed by atoms with Crippen LogP contribution in [0.15, 0.2) is 224 Å². The lowest BCUT2D eigenvalue weighted by molar-refractivity contribution is 0.265. The summed E-state index contributed by atoms with van der Waals surface area (Å²) in [6.45, 7) is 0. The normalized spacial score (nSPS) is 14.9. The van der Waals surface area contributed by atoms with Gasteiger partial charge in [-0.2, -0.15) is 0 Å². The summed E-state index contributed by atoms with van der Waals surface area (Å²) in [5.41, 5.74) is 22.5. The van der Waals surface area contributed by atoms with E-state index in [1.165, 1.54) is 77.9 Å². The Balaban J connectivity index is 0.954. The fourth-order valence-corrected chi connectivity index (χ4v) is 11.4. The zero-order chi connectivity index (χ0) is 40.4. The first-order valence-corrected chi connectivity index (χ1v) is 21.8. The molecule has 1 nitrogen and oxygen atoms in total. The molecule has 3 aliphatic carbocycles. The van der Waals surface area contributed by atoms with Gasteiger partial charge in [-0.1, -0.05) is 182 Å². The summed E-state index contributed by atoms with van der Waals surface area (Å²) in [7, 11) is 0. The van der Waals surface area contributed by atoms with E-state index in [0.717, 1.165) is 42.7 Å². The third-order valence-electron chi connectivity index (χ3n) is 14.3. The van der Waals surface area contributed by atoms with Gasteiger partial charge in [0.1, 0.15) is 0 Å². The molecular formula is C60H45N. The van der Waals surface area contributed by atoms with Gasteiger partial charge in [0.05, 0.1) is 5.69 Å². The number of para-hydroxylation sites is 2. The summed E-state index contributed by atoms with van der Waals surface area (Å²) in [5, 5.41) is 0. The van der Waals surface area contributed by atoms with E-state index >= 15 is 0 Å². The lowest BCUT2D eigenvalue weighted by atomic mass is 9.57. The molecule has 1 fully saturated rings. The van der Waals surface area contributed by atoms with Crippen molar-refractivity contribution in [3.8, 4) is 55.6 Å². The molecule has 290 valence electrons. The molecule has 9 aromatic rings. The van der Waals surface area contributed by atoms with Crippen molar-refractivity contribution in [2.24, 2.45) is 0 Å². The van der Waals surface area contributed by atoms with Gasteiger partial charge >= 0.3 is 0 Å². The number of benzene rings is 9. The molecule has 3 aliphatic rings. The van der Waals surface area contributed by atoms with Crippen LogP contribution in [0.4, 0.5) is 17.1 Å². The second-order valence-electron chi connectivity index (χ2n) is 17.2. The van der Waals surface area contributed by atoms with Crippen LogP contribution < -0.4 is 4.90 Å². The van der Waals surface area contributed by atoms with Crippen molar-refractivity contribution in [1.29, 1.82) is 0 Å². The molecule has 0 saturated heterocycles.